The van der Waals surface area contributed by atoms with Gasteiger partial charge in [-0.2, -0.15) is 13.2 Å². The molecule has 0 bridgehead atoms. The Hall–Kier alpha value is -6.64. The second-order valence-corrected chi connectivity index (χ2v) is 30.0. The van der Waals surface area contributed by atoms with Crippen LogP contribution in [0.25, 0.3) is 0 Å². The Kier molecular flexibility index (Phi) is 32.4. The SMILES string of the molecule is C/C=C/C[C@@H](C)[C@@H](O)[C@H]1C(=O)N[C@@H](CC)C(=O)N(C)[C@H](C)C(=O)N(C)[C@@H]([C@H](C)CN2CCn3c(nnc3C(F)(F)F)C2)C(=O)C[C@@H](C(C)C)C(=O)N(C)[C@@H](CC(C)C)C(=O)C[C@@H](C)C(=O)C[C@H](C)C(=O)N(C)[C@@H](CC(C)C)C(=O)N(C)[C@@H](CC(C)C)C(=O)N(C)[C@@H](C(C)C)C(=O)N1C. The zero-order chi connectivity index (χ0) is 75.2. The molecule has 0 spiro atoms. The minimum atomic E-state index is -4.76. The third kappa shape index (κ3) is 21.7. The van der Waals surface area contributed by atoms with Crippen molar-refractivity contribution in [2.24, 2.45) is 59.2 Å². The quantitative estimate of drug-likeness (QED) is 0.164. The van der Waals surface area contributed by atoms with E-state index in [1.54, 1.807) is 86.3 Å². The molecule has 3 heterocycles. The molecule has 2 aliphatic rings. The Labute approximate surface area is 580 Å². The molecule has 556 valence electrons. The standard InChI is InChI=1S/C71H119F3N12O12/c1-25-27-28-44(13)61(90)60-62(91)75-50(26-2)66(95)78(18)48(17)64(93)83(23)59(47(16)37-85-29-30-86-57(38-85)76-77-70(86)71(72,73)74)56(89)36-49(42(9)10)65(94)79(19)51(31-39(3)4)55(88)34-45(14)54(87)35-46(15)63(92)80(20)52(32-40(5)6)67(96)81(21)53(33-41(7)8)68(97)82(22)58(43(11)12)69(98)84(60)24/h25,27,39-53,58-61,90H,26,28-38H2,1-24H3,(H,75,91)/b27-25+/t44-,45-,46+,47-,48-,49+,50+,51+,52+,53+,58+,59+,60+,61-/m1/s1. The van der Waals surface area contributed by atoms with Crippen molar-refractivity contribution < 1.29 is 71.0 Å². The number of amides is 8. The number of rotatable bonds is 16. The number of halogens is 3. The van der Waals surface area contributed by atoms with Gasteiger partial charge in [0.05, 0.1) is 24.7 Å². The Balaban J connectivity index is 2.37. The molecular weight excluding hydrogens is 1270 g/mol. The summed E-state index contributed by atoms with van der Waals surface area (Å²) < 4.78 is 42.8. The fourth-order valence-corrected chi connectivity index (χ4v) is 13.7. The summed E-state index contributed by atoms with van der Waals surface area (Å²) in [7, 11) is 9.90. The number of fused-ring (bicyclic) bond motifs is 1. The van der Waals surface area contributed by atoms with Gasteiger partial charge in [0.2, 0.25) is 53.1 Å². The smallest absolute Gasteiger partial charge is 0.390 e. The van der Waals surface area contributed by atoms with Crippen LogP contribution in [0, 0.1) is 59.2 Å². The average molecular weight is 1390 g/mol. The minimum absolute atomic E-state index is 0.0364. The lowest BCUT2D eigenvalue weighted by molar-refractivity contribution is -0.157. The predicted octanol–water partition coefficient (Wildman–Crippen LogP) is 6.65. The highest BCUT2D eigenvalue weighted by molar-refractivity contribution is 6.00. The van der Waals surface area contributed by atoms with Gasteiger partial charge in [0.1, 0.15) is 47.9 Å². The van der Waals surface area contributed by atoms with Gasteiger partial charge in [-0.1, -0.05) is 116 Å². The maximum atomic E-state index is 15.4. The van der Waals surface area contributed by atoms with Gasteiger partial charge in [0.25, 0.3) is 0 Å². The molecule has 1 fully saturated rings. The summed E-state index contributed by atoms with van der Waals surface area (Å²) in [5.74, 6) is -14.0. The molecule has 8 amide bonds. The first-order chi connectivity index (χ1) is 45.3. The van der Waals surface area contributed by atoms with Gasteiger partial charge >= 0.3 is 6.18 Å². The maximum absolute atomic E-state index is 15.4. The van der Waals surface area contributed by atoms with Crippen molar-refractivity contribution in [3.8, 4) is 0 Å². The molecule has 1 aromatic heterocycles. The number of carbonyl (C=O) groups excluding carboxylic acids is 11. The van der Waals surface area contributed by atoms with E-state index >= 15 is 33.6 Å². The molecule has 2 N–H and O–H groups in total. The lowest BCUT2D eigenvalue weighted by Crippen LogP contribution is -2.63. The molecule has 0 aromatic carbocycles. The average Bonchev–Trinajstić information content (AvgIpc) is 1.52. The van der Waals surface area contributed by atoms with Gasteiger partial charge in [-0.05, 0) is 87.4 Å². The van der Waals surface area contributed by atoms with Crippen LogP contribution >= 0.6 is 0 Å². The summed E-state index contributed by atoms with van der Waals surface area (Å²) in [6.07, 6.45) is -3.13. The number of alkyl halides is 3. The van der Waals surface area contributed by atoms with Crippen molar-refractivity contribution in [1.29, 1.82) is 0 Å². The van der Waals surface area contributed by atoms with Crippen LogP contribution in [0.1, 0.15) is 181 Å². The number of hydrogen-bond donors (Lipinski definition) is 2. The number of carbonyl (C=O) groups is 11. The van der Waals surface area contributed by atoms with Crippen LogP contribution < -0.4 is 5.32 Å². The van der Waals surface area contributed by atoms with Crippen LogP contribution in [0.3, 0.4) is 0 Å². The fourth-order valence-electron chi connectivity index (χ4n) is 13.7. The molecule has 0 unspecified atom stereocenters. The highest BCUT2D eigenvalue weighted by Gasteiger charge is 2.47. The van der Waals surface area contributed by atoms with Gasteiger partial charge in [0.15, 0.2) is 11.6 Å². The van der Waals surface area contributed by atoms with Crippen LogP contribution in [-0.2, 0) is 72.0 Å². The maximum Gasteiger partial charge on any atom is 0.451 e. The van der Waals surface area contributed by atoms with E-state index in [2.05, 4.69) is 15.5 Å². The second-order valence-electron chi connectivity index (χ2n) is 30.0. The molecule has 27 heteroatoms. The fraction of sp³-hybridized carbons (Fsp3) is 0.789. The number of allylic oxidation sites excluding steroid dienone is 2. The van der Waals surface area contributed by atoms with Crippen molar-refractivity contribution in [3.63, 3.8) is 0 Å². The molecule has 0 aliphatic carbocycles. The first kappa shape index (κ1) is 85.6. The van der Waals surface area contributed by atoms with Crippen molar-refractivity contribution in [1.82, 2.24) is 59.3 Å². The van der Waals surface area contributed by atoms with Crippen molar-refractivity contribution in [3.05, 3.63) is 23.8 Å². The molecule has 0 saturated carbocycles. The number of ketones is 3. The lowest BCUT2D eigenvalue weighted by atomic mass is 9.83. The topological polar surface area (TPSA) is 277 Å². The van der Waals surface area contributed by atoms with E-state index in [1.165, 1.54) is 80.8 Å². The van der Waals surface area contributed by atoms with Crippen LogP contribution in [0.4, 0.5) is 13.2 Å². The van der Waals surface area contributed by atoms with E-state index in [-0.39, 0.29) is 94.7 Å². The largest absolute Gasteiger partial charge is 0.451 e. The number of aromatic nitrogens is 3. The number of aliphatic hydroxyl groups is 1. The molecule has 2 aliphatic heterocycles. The van der Waals surface area contributed by atoms with E-state index in [4.69, 9.17) is 0 Å². The number of hydrogen-bond acceptors (Lipinski definition) is 15. The zero-order valence-corrected chi connectivity index (χ0v) is 63.1. The lowest BCUT2D eigenvalue weighted by Gasteiger charge is -2.41. The highest BCUT2D eigenvalue weighted by Crippen LogP contribution is 2.33. The molecule has 98 heavy (non-hydrogen) atoms. The van der Waals surface area contributed by atoms with E-state index in [0.29, 0.717) is 0 Å². The number of likely N-dealkylation sites (N-methyl/N-ethyl adjacent to an activating group) is 7. The molecule has 1 aromatic rings. The van der Waals surface area contributed by atoms with E-state index in [0.717, 1.165) is 14.4 Å². The third-order valence-corrected chi connectivity index (χ3v) is 19.9. The van der Waals surface area contributed by atoms with Crippen molar-refractivity contribution in [2.45, 2.75) is 243 Å². The van der Waals surface area contributed by atoms with Gasteiger partial charge < -0.3 is 49.3 Å². The Morgan fingerprint density at radius 2 is 1.03 bits per heavy atom. The van der Waals surface area contributed by atoms with Gasteiger partial charge in [-0.3, -0.25) is 57.6 Å². The third-order valence-electron chi connectivity index (χ3n) is 19.9. The molecule has 3 rings (SSSR count). The zero-order valence-electron chi connectivity index (χ0n) is 63.1. The van der Waals surface area contributed by atoms with Crippen molar-refractivity contribution >= 4 is 64.6 Å². The molecule has 14 atom stereocenters. The van der Waals surface area contributed by atoms with Crippen LogP contribution in [0.15, 0.2) is 12.2 Å². The monoisotopic (exact) mass is 1390 g/mol. The van der Waals surface area contributed by atoms with Crippen molar-refractivity contribution in [2.75, 3.05) is 62.4 Å². The number of nitrogens with one attached hydrogen (secondary N) is 1. The van der Waals surface area contributed by atoms with Gasteiger partial charge in [-0.25, -0.2) is 0 Å². The van der Waals surface area contributed by atoms with E-state index in [1.807, 2.05) is 41.5 Å². The molecular formula is C71H119F3N12O12. The Morgan fingerprint density at radius 3 is 1.53 bits per heavy atom. The normalized spacial score (nSPS) is 27.3. The van der Waals surface area contributed by atoms with Crippen LogP contribution in [0.5, 0.6) is 0 Å². The Bertz CT molecular complexity index is 2970. The highest BCUT2D eigenvalue weighted by atomic mass is 19.4. The van der Waals surface area contributed by atoms with Gasteiger partial charge in [-0.15, -0.1) is 10.2 Å². The van der Waals surface area contributed by atoms with Crippen LogP contribution in [-0.4, -0.2) is 241 Å². The van der Waals surface area contributed by atoms with Crippen LogP contribution in [0.2, 0.25) is 0 Å². The summed E-state index contributed by atoms with van der Waals surface area (Å²) >= 11 is 0. The number of Topliss-reactive ketones (excluding diaryl/α,β-unsaturated/α-hetero) is 3. The first-order valence-corrected chi connectivity index (χ1v) is 35.1. The molecule has 24 nitrogen and oxygen atoms in total. The van der Waals surface area contributed by atoms with E-state index in [9.17, 15) is 37.5 Å². The summed E-state index contributed by atoms with van der Waals surface area (Å²) in [4.78, 5) is 175. The first-order valence-electron chi connectivity index (χ1n) is 35.1. The summed E-state index contributed by atoms with van der Waals surface area (Å²) in [5.41, 5.74) is 0. The summed E-state index contributed by atoms with van der Waals surface area (Å²) in [6.45, 7) is 29.4. The Morgan fingerprint density at radius 1 is 0.541 bits per heavy atom. The summed E-state index contributed by atoms with van der Waals surface area (Å²) in [5, 5.41) is 22.2. The predicted molar refractivity (Wildman–Crippen MR) is 367 cm³/mol. The molecule has 1 saturated heterocycles. The van der Waals surface area contributed by atoms with Gasteiger partial charge in [0, 0.05) is 106 Å². The second kappa shape index (κ2) is 37.2. The number of aliphatic hydroxyl groups excluding tert-OH is 1. The van der Waals surface area contributed by atoms with E-state index < -0.39 is 179 Å². The minimum Gasteiger partial charge on any atom is -0.390 e. The number of nitrogens with zero attached hydrogens (tertiary/aromatic N) is 11. The molecule has 0 radical (unpaired) electrons. The summed E-state index contributed by atoms with van der Waals surface area (Å²) in [6, 6.07) is -10.4.